The number of ether oxygens (including phenoxy) is 2. The lowest BCUT2D eigenvalue weighted by Gasteiger charge is -2.34. The molecule has 0 saturated carbocycles. The Kier molecular flexibility index (Phi) is 6.49. The Bertz CT molecular complexity index is 2380. The molecule has 51 heavy (non-hydrogen) atoms. The van der Waals surface area contributed by atoms with Crippen LogP contribution in [0.25, 0.3) is 0 Å². The number of hydrogen-bond donors (Lipinski definition) is 0. The van der Waals surface area contributed by atoms with Crippen molar-refractivity contribution in [3.8, 4) is 23.0 Å². The highest BCUT2D eigenvalue weighted by Gasteiger charge is 2.45. The van der Waals surface area contributed by atoms with E-state index in [9.17, 15) is 0 Å². The van der Waals surface area contributed by atoms with Gasteiger partial charge >= 0.3 is 0 Å². The summed E-state index contributed by atoms with van der Waals surface area (Å²) in [6.07, 6.45) is 0. The fourth-order valence-corrected chi connectivity index (χ4v) is 10.8. The van der Waals surface area contributed by atoms with Crippen LogP contribution in [0.15, 0.2) is 161 Å². The molecule has 0 aromatic heterocycles. The van der Waals surface area contributed by atoms with Gasteiger partial charge in [-0.05, 0) is 90.6 Å². The van der Waals surface area contributed by atoms with E-state index < -0.39 is 0 Å². The maximum absolute atomic E-state index is 6.98. The second kappa shape index (κ2) is 11.3. The van der Waals surface area contributed by atoms with Crippen molar-refractivity contribution in [1.82, 2.24) is 0 Å². The van der Waals surface area contributed by atoms with Gasteiger partial charge in [-0.3, -0.25) is 0 Å². The average molecular weight is 690 g/mol. The molecule has 11 rings (SSSR count). The Morgan fingerprint density at radius 1 is 0.451 bits per heavy atom. The predicted octanol–water partition coefficient (Wildman–Crippen LogP) is 9.57. The Morgan fingerprint density at radius 3 is 1.33 bits per heavy atom. The minimum atomic E-state index is 0.0133. The van der Waals surface area contributed by atoms with Gasteiger partial charge in [-0.2, -0.15) is 23.2 Å². The quantitative estimate of drug-likeness (QED) is 0.168. The molecule has 4 aliphatic rings. The maximum atomic E-state index is 6.98. The summed E-state index contributed by atoms with van der Waals surface area (Å²) in [7, 11) is 0. The third-order valence-corrected chi connectivity index (χ3v) is 13.0. The third-order valence-electron chi connectivity index (χ3n) is 10.3. The largest absolute Gasteiger partial charge is 0.458 e. The zero-order valence-electron chi connectivity index (χ0n) is 27.6. The summed E-state index contributed by atoms with van der Waals surface area (Å²) >= 11 is 3.82. The van der Waals surface area contributed by atoms with Gasteiger partial charge in [-0.25, -0.2) is 0 Å². The molecule has 7 aromatic rings. The van der Waals surface area contributed by atoms with E-state index >= 15 is 0 Å². The van der Waals surface area contributed by atoms with E-state index in [0.29, 0.717) is 0 Å². The fraction of sp³-hybridized carbons (Fsp3) is 0.0233. The average Bonchev–Trinajstić information content (AvgIpc) is 3.43. The number of nitrogens with zero attached hydrogens (tertiary/aromatic N) is 2. The summed E-state index contributed by atoms with van der Waals surface area (Å²) in [4.78, 5) is 7.25. The minimum Gasteiger partial charge on any atom is -0.458 e. The number of benzene rings is 7. The molecule has 0 aliphatic carbocycles. The molecular weight excluding hydrogens is 662 g/mol. The zero-order chi connectivity index (χ0) is 33.6. The highest BCUT2D eigenvalue weighted by atomic mass is 32.2. The highest BCUT2D eigenvalue weighted by Crippen LogP contribution is 2.50. The lowest BCUT2D eigenvalue weighted by Crippen LogP contribution is -2.51. The Labute approximate surface area is 306 Å². The van der Waals surface area contributed by atoms with Crippen LogP contribution in [0.2, 0.25) is 0 Å². The first-order chi connectivity index (χ1) is 25.2. The van der Waals surface area contributed by atoms with Crippen LogP contribution in [-0.4, -0.2) is 12.0 Å². The number of anilines is 6. The van der Waals surface area contributed by atoms with Crippen molar-refractivity contribution in [3.63, 3.8) is 0 Å². The minimum absolute atomic E-state index is 0.0133. The summed E-state index contributed by atoms with van der Waals surface area (Å²) in [6.45, 7) is 2.17. The topological polar surface area (TPSA) is 24.9 Å². The Morgan fingerprint density at radius 2 is 0.863 bits per heavy atom. The van der Waals surface area contributed by atoms with Crippen LogP contribution >= 0.6 is 23.2 Å². The second-order valence-corrected chi connectivity index (χ2v) is 15.5. The molecule has 0 radical (unpaired) electrons. The van der Waals surface area contributed by atoms with E-state index in [4.69, 9.17) is 9.47 Å². The van der Waals surface area contributed by atoms with Crippen LogP contribution in [0.5, 0.6) is 23.0 Å². The van der Waals surface area contributed by atoms with Crippen LogP contribution in [-0.2, 0) is 0 Å². The number of para-hydroxylation sites is 4. The molecule has 240 valence electrons. The number of rotatable bonds is 2. The van der Waals surface area contributed by atoms with E-state index in [1.165, 1.54) is 43.0 Å². The molecular formula is C43H28B2N2O2S2. The third kappa shape index (κ3) is 4.33. The predicted molar refractivity (Wildman–Crippen MR) is 215 cm³/mol. The van der Waals surface area contributed by atoms with Crippen molar-refractivity contribution >= 4 is 91.2 Å². The molecule has 0 spiro atoms. The first kappa shape index (κ1) is 29.3. The van der Waals surface area contributed by atoms with E-state index in [-0.39, 0.29) is 12.0 Å². The SMILES string of the molecule is Cc1c2c(cc3c1Oc1cccc4c1B3Sc1ccccc1N4c1ccccc1)B1Sc3ccccc3N(c3ccccc3)c3cccc(c31)O2. The first-order valence-corrected chi connectivity index (χ1v) is 19.0. The molecule has 4 aliphatic heterocycles. The zero-order valence-corrected chi connectivity index (χ0v) is 29.2. The highest BCUT2D eigenvalue weighted by molar-refractivity contribution is 8.28. The van der Waals surface area contributed by atoms with Crippen molar-refractivity contribution in [2.75, 3.05) is 9.80 Å². The van der Waals surface area contributed by atoms with Crippen molar-refractivity contribution in [1.29, 1.82) is 0 Å². The molecule has 0 saturated heterocycles. The van der Waals surface area contributed by atoms with Crippen molar-refractivity contribution in [2.45, 2.75) is 16.7 Å². The van der Waals surface area contributed by atoms with Gasteiger partial charge in [0, 0.05) is 49.0 Å². The normalized spacial score (nSPS) is 14.4. The smallest absolute Gasteiger partial charge is 0.291 e. The lowest BCUT2D eigenvalue weighted by atomic mass is 9.53. The van der Waals surface area contributed by atoms with Gasteiger partial charge in [0.1, 0.15) is 23.0 Å². The fourth-order valence-electron chi connectivity index (χ4n) is 8.14. The van der Waals surface area contributed by atoms with Gasteiger partial charge in [0.2, 0.25) is 0 Å². The van der Waals surface area contributed by atoms with Crippen LogP contribution in [0.4, 0.5) is 34.1 Å². The van der Waals surface area contributed by atoms with Crippen LogP contribution in [0.3, 0.4) is 0 Å². The monoisotopic (exact) mass is 690 g/mol. The second-order valence-electron chi connectivity index (χ2n) is 13.2. The maximum Gasteiger partial charge on any atom is 0.291 e. The molecule has 7 aromatic carbocycles. The number of fused-ring (bicyclic) bond motifs is 6. The van der Waals surface area contributed by atoms with Crippen LogP contribution in [0.1, 0.15) is 5.56 Å². The number of hydrogen-bond acceptors (Lipinski definition) is 6. The Hall–Kier alpha value is -5.43. The Balaban J connectivity index is 1.14. The molecule has 4 nitrogen and oxygen atoms in total. The summed E-state index contributed by atoms with van der Waals surface area (Å²) in [5, 5.41) is 0. The molecule has 0 atom stereocenters. The standard InChI is InChI=1S/C43H28B2N2O2S2/c1-27-42-30(44-40-34(20-12-22-36(40)48-42)46(28-14-4-2-5-15-28)32-18-8-10-24-38(32)50-44)26-31-43(27)49-37-23-13-21-35-41(37)45(31)51-39-25-11-9-19-33(39)47(35)29-16-6-3-7-17-29/h2-26H,1H3. The molecule has 0 N–H and O–H groups in total. The molecule has 8 heteroatoms. The summed E-state index contributed by atoms with van der Waals surface area (Å²) in [5.74, 6) is 3.60. The van der Waals surface area contributed by atoms with Gasteiger partial charge < -0.3 is 19.3 Å². The van der Waals surface area contributed by atoms with E-state index in [2.05, 4.69) is 168 Å². The molecule has 0 unspecified atom stereocenters. The molecule has 4 heterocycles. The van der Waals surface area contributed by atoms with Gasteiger partial charge in [0.05, 0.1) is 11.4 Å². The van der Waals surface area contributed by atoms with Gasteiger partial charge in [-0.15, -0.1) is 0 Å². The first-order valence-electron chi connectivity index (χ1n) is 17.2. The van der Waals surface area contributed by atoms with Crippen LogP contribution in [0, 0.1) is 6.92 Å². The van der Waals surface area contributed by atoms with Gasteiger partial charge in [-0.1, -0.05) is 78.9 Å². The summed E-state index contributed by atoms with van der Waals surface area (Å²) in [5.41, 5.74) is 12.7. The van der Waals surface area contributed by atoms with E-state index in [1.807, 2.05) is 23.2 Å². The molecule has 0 fully saturated rings. The summed E-state index contributed by atoms with van der Waals surface area (Å²) in [6, 6.07) is 54.2. The van der Waals surface area contributed by atoms with E-state index in [0.717, 1.165) is 51.3 Å². The van der Waals surface area contributed by atoms with Gasteiger partial charge in [0.25, 0.3) is 12.0 Å². The molecule has 0 bridgehead atoms. The van der Waals surface area contributed by atoms with E-state index in [1.54, 1.807) is 0 Å². The van der Waals surface area contributed by atoms with Crippen molar-refractivity contribution in [3.05, 3.63) is 157 Å². The lowest BCUT2D eigenvalue weighted by molar-refractivity contribution is 0.459. The summed E-state index contributed by atoms with van der Waals surface area (Å²) < 4.78 is 14.0. The van der Waals surface area contributed by atoms with Crippen molar-refractivity contribution < 1.29 is 9.47 Å². The van der Waals surface area contributed by atoms with Crippen molar-refractivity contribution in [2.24, 2.45) is 0 Å². The van der Waals surface area contributed by atoms with Crippen LogP contribution < -0.4 is 41.1 Å². The van der Waals surface area contributed by atoms with Gasteiger partial charge in [0.15, 0.2) is 0 Å². The molecule has 0 amide bonds.